The molecule has 4 nitrogen and oxygen atoms in total. The van der Waals surface area contributed by atoms with Crippen molar-refractivity contribution in [3.63, 3.8) is 0 Å². The van der Waals surface area contributed by atoms with Crippen LogP contribution >= 0.6 is 0 Å². The summed E-state index contributed by atoms with van der Waals surface area (Å²) in [7, 11) is 3.40. The molecule has 1 aliphatic carbocycles. The van der Waals surface area contributed by atoms with Crippen LogP contribution in [-0.2, 0) is 4.74 Å². The fraction of sp³-hybridized carbons (Fsp3) is 0.625. The molecule has 0 bridgehead atoms. The third-order valence-electron chi connectivity index (χ3n) is 3.90. The van der Waals surface area contributed by atoms with Crippen molar-refractivity contribution in [3.05, 3.63) is 24.3 Å². The van der Waals surface area contributed by atoms with Gasteiger partial charge in [-0.1, -0.05) is 12.1 Å². The van der Waals surface area contributed by atoms with E-state index in [1.54, 1.807) is 14.2 Å². The summed E-state index contributed by atoms with van der Waals surface area (Å²) in [6, 6.07) is 7.80. The van der Waals surface area contributed by atoms with Crippen LogP contribution in [0.5, 0.6) is 11.5 Å². The number of methoxy groups -OCH3 is 2. The second kappa shape index (κ2) is 7.50. The molecule has 1 aliphatic rings. The molecular weight excluding hydrogens is 254 g/mol. The quantitative estimate of drug-likeness (QED) is 0.668. The number of ether oxygens (including phenoxy) is 3. The molecule has 0 heterocycles. The van der Waals surface area contributed by atoms with E-state index in [2.05, 4.69) is 5.32 Å². The van der Waals surface area contributed by atoms with Crippen molar-refractivity contribution < 1.29 is 14.2 Å². The monoisotopic (exact) mass is 279 g/mol. The maximum absolute atomic E-state index is 5.85. The van der Waals surface area contributed by atoms with Crippen LogP contribution in [0.2, 0.25) is 0 Å². The topological polar surface area (TPSA) is 39.7 Å². The van der Waals surface area contributed by atoms with Crippen molar-refractivity contribution in [1.82, 2.24) is 5.32 Å². The number of rotatable bonds is 10. The summed E-state index contributed by atoms with van der Waals surface area (Å²) in [6.45, 7) is 3.50. The molecule has 0 atom stereocenters. The first-order valence-electron chi connectivity index (χ1n) is 7.25. The minimum atomic E-state index is 0.440. The van der Waals surface area contributed by atoms with E-state index in [1.807, 2.05) is 24.3 Å². The van der Waals surface area contributed by atoms with E-state index >= 15 is 0 Å². The van der Waals surface area contributed by atoms with Gasteiger partial charge in [-0.05, 0) is 36.8 Å². The molecule has 0 radical (unpaired) electrons. The third-order valence-corrected chi connectivity index (χ3v) is 3.90. The molecule has 20 heavy (non-hydrogen) atoms. The van der Waals surface area contributed by atoms with Gasteiger partial charge in [0.2, 0.25) is 0 Å². The summed E-state index contributed by atoms with van der Waals surface area (Å²) >= 11 is 0. The Morgan fingerprint density at radius 1 is 1.10 bits per heavy atom. The van der Waals surface area contributed by atoms with E-state index < -0.39 is 0 Å². The van der Waals surface area contributed by atoms with Gasteiger partial charge in [0.1, 0.15) is 0 Å². The van der Waals surface area contributed by atoms with E-state index in [4.69, 9.17) is 14.2 Å². The van der Waals surface area contributed by atoms with Gasteiger partial charge in [-0.3, -0.25) is 0 Å². The Kier molecular flexibility index (Phi) is 5.68. The van der Waals surface area contributed by atoms with Gasteiger partial charge in [-0.2, -0.15) is 0 Å². The highest BCUT2D eigenvalue weighted by atomic mass is 16.5. The SMILES string of the molecule is COCCNCC1(CCOc2ccccc2OC)CC1. The van der Waals surface area contributed by atoms with Gasteiger partial charge in [0.15, 0.2) is 11.5 Å². The van der Waals surface area contributed by atoms with Gasteiger partial charge in [0.05, 0.1) is 20.3 Å². The molecule has 0 aromatic heterocycles. The third kappa shape index (κ3) is 4.39. The Bertz CT molecular complexity index is 404. The average Bonchev–Trinajstić information content (AvgIpc) is 3.24. The molecule has 0 unspecified atom stereocenters. The summed E-state index contributed by atoms with van der Waals surface area (Å²) in [6.07, 6.45) is 3.68. The zero-order chi connectivity index (χ0) is 14.3. The highest BCUT2D eigenvalue weighted by Crippen LogP contribution is 2.48. The minimum absolute atomic E-state index is 0.440. The molecule has 0 saturated heterocycles. The molecular formula is C16H25NO3. The Balaban J connectivity index is 1.70. The minimum Gasteiger partial charge on any atom is -0.493 e. The Morgan fingerprint density at radius 2 is 1.85 bits per heavy atom. The standard InChI is InChI=1S/C16H25NO3/c1-18-12-10-17-13-16(7-8-16)9-11-20-15-6-4-3-5-14(15)19-2/h3-6,17H,7-13H2,1-2H3. The lowest BCUT2D eigenvalue weighted by molar-refractivity contribution is 0.194. The van der Waals surface area contributed by atoms with E-state index in [0.29, 0.717) is 5.41 Å². The number of hydrogen-bond acceptors (Lipinski definition) is 4. The first kappa shape index (κ1) is 15.1. The van der Waals surface area contributed by atoms with Crippen LogP contribution in [0.3, 0.4) is 0 Å². The highest BCUT2D eigenvalue weighted by molar-refractivity contribution is 5.39. The molecule has 0 amide bonds. The summed E-state index contributed by atoms with van der Waals surface area (Å²) in [5.41, 5.74) is 0.440. The van der Waals surface area contributed by atoms with Gasteiger partial charge in [0.25, 0.3) is 0 Å². The van der Waals surface area contributed by atoms with Crippen LogP contribution in [0, 0.1) is 5.41 Å². The second-order valence-corrected chi connectivity index (χ2v) is 5.42. The van der Waals surface area contributed by atoms with Crippen molar-refractivity contribution in [1.29, 1.82) is 0 Å². The normalized spacial score (nSPS) is 15.9. The summed E-state index contributed by atoms with van der Waals surface area (Å²) in [5.74, 6) is 1.63. The lowest BCUT2D eigenvalue weighted by Crippen LogP contribution is -2.28. The van der Waals surface area contributed by atoms with Crippen molar-refractivity contribution in [2.24, 2.45) is 5.41 Å². The van der Waals surface area contributed by atoms with Gasteiger partial charge in [-0.25, -0.2) is 0 Å². The Morgan fingerprint density at radius 3 is 2.50 bits per heavy atom. The molecule has 4 heteroatoms. The van der Waals surface area contributed by atoms with Gasteiger partial charge in [0, 0.05) is 20.2 Å². The fourth-order valence-corrected chi connectivity index (χ4v) is 2.34. The van der Waals surface area contributed by atoms with Crippen LogP contribution in [0.1, 0.15) is 19.3 Å². The molecule has 0 spiro atoms. The largest absolute Gasteiger partial charge is 0.493 e. The van der Waals surface area contributed by atoms with E-state index in [1.165, 1.54) is 12.8 Å². The van der Waals surface area contributed by atoms with Crippen molar-refractivity contribution >= 4 is 0 Å². The van der Waals surface area contributed by atoms with Crippen LogP contribution in [0.25, 0.3) is 0 Å². The molecule has 2 rings (SSSR count). The molecule has 1 saturated carbocycles. The summed E-state index contributed by atoms with van der Waals surface area (Å²) < 4.78 is 16.2. The van der Waals surface area contributed by atoms with Gasteiger partial charge < -0.3 is 19.5 Å². The van der Waals surface area contributed by atoms with Crippen LogP contribution < -0.4 is 14.8 Å². The smallest absolute Gasteiger partial charge is 0.161 e. The van der Waals surface area contributed by atoms with Crippen molar-refractivity contribution in [2.45, 2.75) is 19.3 Å². The first-order valence-corrected chi connectivity index (χ1v) is 7.25. The maximum Gasteiger partial charge on any atom is 0.161 e. The first-order chi connectivity index (χ1) is 9.79. The van der Waals surface area contributed by atoms with Gasteiger partial charge >= 0.3 is 0 Å². The zero-order valence-electron chi connectivity index (χ0n) is 12.5. The van der Waals surface area contributed by atoms with Crippen LogP contribution in [-0.4, -0.2) is 40.5 Å². The molecule has 1 aromatic rings. The van der Waals surface area contributed by atoms with Crippen LogP contribution in [0.15, 0.2) is 24.3 Å². The number of benzene rings is 1. The fourth-order valence-electron chi connectivity index (χ4n) is 2.34. The predicted molar refractivity (Wildman–Crippen MR) is 79.5 cm³/mol. The van der Waals surface area contributed by atoms with Crippen LogP contribution in [0.4, 0.5) is 0 Å². The maximum atomic E-state index is 5.85. The molecule has 1 aromatic carbocycles. The number of para-hydroxylation sites is 2. The summed E-state index contributed by atoms with van der Waals surface area (Å²) in [5, 5.41) is 3.46. The Labute approximate surface area is 121 Å². The summed E-state index contributed by atoms with van der Waals surface area (Å²) in [4.78, 5) is 0. The molecule has 1 fully saturated rings. The van der Waals surface area contributed by atoms with E-state index in [0.717, 1.165) is 44.2 Å². The van der Waals surface area contributed by atoms with E-state index in [-0.39, 0.29) is 0 Å². The molecule has 1 N–H and O–H groups in total. The number of nitrogens with one attached hydrogen (secondary N) is 1. The lowest BCUT2D eigenvalue weighted by atomic mass is 10.0. The highest BCUT2D eigenvalue weighted by Gasteiger charge is 2.41. The van der Waals surface area contributed by atoms with Crippen molar-refractivity contribution in [3.8, 4) is 11.5 Å². The average molecular weight is 279 g/mol. The van der Waals surface area contributed by atoms with Gasteiger partial charge in [-0.15, -0.1) is 0 Å². The molecule has 112 valence electrons. The lowest BCUT2D eigenvalue weighted by Gasteiger charge is -2.17. The zero-order valence-corrected chi connectivity index (χ0v) is 12.5. The predicted octanol–water partition coefficient (Wildman–Crippen LogP) is 2.48. The number of hydrogen-bond donors (Lipinski definition) is 1. The van der Waals surface area contributed by atoms with E-state index in [9.17, 15) is 0 Å². The Hall–Kier alpha value is -1.26. The van der Waals surface area contributed by atoms with Crippen molar-refractivity contribution in [2.75, 3.05) is 40.5 Å². The molecule has 0 aliphatic heterocycles. The second-order valence-electron chi connectivity index (χ2n) is 5.42.